The van der Waals surface area contributed by atoms with Gasteiger partial charge in [-0.3, -0.25) is 4.79 Å². The number of anilines is 1. The Balaban J connectivity index is 1.51. The second-order valence-corrected chi connectivity index (χ2v) is 7.82. The Kier molecular flexibility index (Phi) is 5.98. The number of ketones is 1. The first-order valence-corrected chi connectivity index (χ1v) is 10.1. The average molecular weight is 482 g/mol. The minimum absolute atomic E-state index is 0.162. The molecule has 2 aromatic heterocycles. The molecule has 0 spiro atoms. The maximum Gasteiger partial charge on any atom is 0.573 e. The fourth-order valence-electron chi connectivity index (χ4n) is 2.90. The molecule has 0 saturated carbocycles. The van der Waals surface area contributed by atoms with Gasteiger partial charge in [0.05, 0.1) is 10.6 Å². The first-order chi connectivity index (χ1) is 15.2. The third-order valence-corrected chi connectivity index (χ3v) is 5.35. The van der Waals surface area contributed by atoms with Crippen LogP contribution in [0.5, 0.6) is 5.75 Å². The molecule has 2 heterocycles. The number of hydrogen-bond donors (Lipinski definition) is 2. The zero-order chi connectivity index (χ0) is 22.9. The molecule has 2 N–H and O–H groups in total. The van der Waals surface area contributed by atoms with E-state index in [2.05, 4.69) is 19.4 Å². The number of nitrogens with zero attached hydrogens (tertiary/aromatic N) is 1. The normalized spacial score (nSPS) is 11.5. The monoisotopic (exact) mass is 481 g/mol. The highest BCUT2D eigenvalue weighted by atomic mass is 35.5. The summed E-state index contributed by atoms with van der Waals surface area (Å²) in [6.45, 7) is 0. The molecule has 0 amide bonds. The maximum absolute atomic E-state index is 14.4. The minimum atomic E-state index is -4.77. The molecular weight excluding hydrogens is 470 g/mol. The number of H-pyrrole nitrogens is 1. The third kappa shape index (κ3) is 4.97. The number of aromatic nitrogens is 2. The molecule has 0 unspecified atom stereocenters. The van der Waals surface area contributed by atoms with Crippen LogP contribution in [0.3, 0.4) is 0 Å². The van der Waals surface area contributed by atoms with Gasteiger partial charge in [0.1, 0.15) is 17.2 Å². The number of rotatable bonds is 6. The topological polar surface area (TPSA) is 67.0 Å². The standard InChI is InChI=1S/C21H12ClF4N3O2S/c22-11-7-15-17(10-28-20(15)27-9-11)19(30)16-8-12(1-6-18(16)23)29-32-14-4-2-13(3-5-14)31-21(24,25)26/h1-10,29H,(H,27,28). The Morgan fingerprint density at radius 3 is 2.56 bits per heavy atom. The van der Waals surface area contributed by atoms with E-state index >= 15 is 0 Å². The molecule has 2 aromatic carbocycles. The van der Waals surface area contributed by atoms with Crippen molar-refractivity contribution in [2.45, 2.75) is 11.3 Å². The van der Waals surface area contributed by atoms with Crippen molar-refractivity contribution in [3.8, 4) is 5.75 Å². The van der Waals surface area contributed by atoms with Crippen LogP contribution in [0.15, 0.2) is 65.8 Å². The van der Waals surface area contributed by atoms with Crippen molar-refractivity contribution in [2.75, 3.05) is 4.72 Å². The number of ether oxygens (including phenoxy) is 1. The van der Waals surface area contributed by atoms with E-state index in [4.69, 9.17) is 11.6 Å². The van der Waals surface area contributed by atoms with Crippen molar-refractivity contribution >= 4 is 46.1 Å². The largest absolute Gasteiger partial charge is 0.573 e. The first-order valence-electron chi connectivity index (χ1n) is 8.95. The van der Waals surface area contributed by atoms with Crippen LogP contribution >= 0.6 is 23.5 Å². The number of hydrogen-bond acceptors (Lipinski definition) is 5. The lowest BCUT2D eigenvalue weighted by Gasteiger charge is -2.10. The number of nitrogens with one attached hydrogen (secondary N) is 2. The number of halogens is 5. The second kappa shape index (κ2) is 8.71. The van der Waals surface area contributed by atoms with Crippen LogP contribution in [0.4, 0.5) is 23.2 Å². The van der Waals surface area contributed by atoms with E-state index in [1.807, 2.05) is 0 Å². The summed E-state index contributed by atoms with van der Waals surface area (Å²) >= 11 is 7.03. The molecule has 0 aliphatic rings. The van der Waals surface area contributed by atoms with Crippen LogP contribution < -0.4 is 9.46 Å². The highest BCUT2D eigenvalue weighted by Gasteiger charge is 2.31. The third-order valence-electron chi connectivity index (χ3n) is 4.30. The van der Waals surface area contributed by atoms with Crippen LogP contribution in [-0.2, 0) is 0 Å². The molecule has 0 atom stereocenters. The van der Waals surface area contributed by atoms with Crippen molar-refractivity contribution in [1.29, 1.82) is 0 Å². The zero-order valence-corrected chi connectivity index (χ0v) is 17.4. The van der Waals surface area contributed by atoms with Crippen molar-refractivity contribution in [3.05, 3.63) is 82.9 Å². The van der Waals surface area contributed by atoms with E-state index in [0.29, 0.717) is 26.6 Å². The molecular formula is C21H12ClF4N3O2S. The number of alkyl halides is 3. The van der Waals surface area contributed by atoms with Crippen molar-refractivity contribution in [2.24, 2.45) is 0 Å². The summed E-state index contributed by atoms with van der Waals surface area (Å²) < 4.78 is 57.9. The second-order valence-electron chi connectivity index (χ2n) is 6.50. The molecule has 0 bridgehead atoms. The Morgan fingerprint density at radius 2 is 1.84 bits per heavy atom. The number of aromatic amines is 1. The van der Waals surface area contributed by atoms with Gasteiger partial charge in [0.15, 0.2) is 5.78 Å². The first kappa shape index (κ1) is 22.0. The van der Waals surface area contributed by atoms with E-state index in [1.54, 1.807) is 6.07 Å². The van der Waals surface area contributed by atoms with Gasteiger partial charge in [-0.2, -0.15) is 0 Å². The van der Waals surface area contributed by atoms with Gasteiger partial charge in [-0.25, -0.2) is 9.37 Å². The van der Waals surface area contributed by atoms with Gasteiger partial charge >= 0.3 is 6.36 Å². The van der Waals surface area contributed by atoms with E-state index < -0.39 is 18.0 Å². The summed E-state index contributed by atoms with van der Waals surface area (Å²) in [6, 6.07) is 10.7. The lowest BCUT2D eigenvalue weighted by molar-refractivity contribution is -0.274. The molecule has 32 heavy (non-hydrogen) atoms. The molecule has 0 radical (unpaired) electrons. The highest BCUT2D eigenvalue weighted by Crippen LogP contribution is 2.29. The molecule has 0 aliphatic heterocycles. The van der Waals surface area contributed by atoms with Crippen molar-refractivity contribution in [3.63, 3.8) is 0 Å². The number of benzene rings is 2. The summed E-state index contributed by atoms with van der Waals surface area (Å²) in [5.41, 5.74) is 0.927. The summed E-state index contributed by atoms with van der Waals surface area (Å²) in [7, 11) is 0. The lowest BCUT2D eigenvalue weighted by Crippen LogP contribution is -2.16. The Bertz CT molecular complexity index is 1290. The fourth-order valence-corrected chi connectivity index (χ4v) is 3.69. The maximum atomic E-state index is 14.4. The molecule has 0 saturated heterocycles. The summed E-state index contributed by atoms with van der Waals surface area (Å²) in [4.78, 5) is 20.5. The quantitative estimate of drug-likeness (QED) is 0.184. The fraction of sp³-hybridized carbons (Fsp3) is 0.0476. The van der Waals surface area contributed by atoms with Gasteiger partial charge in [0, 0.05) is 33.9 Å². The molecule has 0 fully saturated rings. The van der Waals surface area contributed by atoms with E-state index in [-0.39, 0.29) is 16.9 Å². The Morgan fingerprint density at radius 1 is 1.09 bits per heavy atom. The van der Waals surface area contributed by atoms with Gasteiger partial charge in [-0.15, -0.1) is 13.2 Å². The van der Waals surface area contributed by atoms with Gasteiger partial charge in [-0.1, -0.05) is 11.6 Å². The number of fused-ring (bicyclic) bond motifs is 1. The smallest absolute Gasteiger partial charge is 0.406 e. The van der Waals surface area contributed by atoms with Crippen LogP contribution in [0.25, 0.3) is 11.0 Å². The number of pyridine rings is 1. The van der Waals surface area contributed by atoms with Gasteiger partial charge in [-0.05, 0) is 60.5 Å². The number of carbonyl (C=O) groups is 1. The van der Waals surface area contributed by atoms with Crippen LogP contribution in [0.1, 0.15) is 15.9 Å². The summed E-state index contributed by atoms with van der Waals surface area (Å²) in [5, 5.41) is 0.806. The van der Waals surface area contributed by atoms with Crippen molar-refractivity contribution in [1.82, 2.24) is 9.97 Å². The lowest BCUT2D eigenvalue weighted by atomic mass is 10.0. The van der Waals surface area contributed by atoms with E-state index in [9.17, 15) is 22.4 Å². The molecule has 11 heteroatoms. The minimum Gasteiger partial charge on any atom is -0.406 e. The van der Waals surface area contributed by atoms with Crippen molar-refractivity contribution < 1.29 is 27.1 Å². The van der Waals surface area contributed by atoms with Crippen LogP contribution in [-0.4, -0.2) is 22.1 Å². The summed E-state index contributed by atoms with van der Waals surface area (Å²) in [6.07, 6.45) is -1.90. The van der Waals surface area contributed by atoms with Crippen LogP contribution in [0, 0.1) is 5.82 Å². The van der Waals surface area contributed by atoms with Crippen LogP contribution in [0.2, 0.25) is 5.02 Å². The Hall–Kier alpha value is -3.24. The molecule has 0 aliphatic carbocycles. The predicted molar refractivity (Wildman–Crippen MR) is 114 cm³/mol. The molecule has 5 nitrogen and oxygen atoms in total. The highest BCUT2D eigenvalue weighted by molar-refractivity contribution is 8.00. The van der Waals surface area contributed by atoms with Gasteiger partial charge < -0.3 is 14.4 Å². The zero-order valence-electron chi connectivity index (χ0n) is 15.8. The predicted octanol–water partition coefficient (Wildman–Crippen LogP) is 6.60. The SMILES string of the molecule is O=C(c1cc(NSc2ccc(OC(F)(F)F)cc2)ccc1F)c1c[nH]c2ncc(Cl)cc12. The van der Waals surface area contributed by atoms with E-state index in [0.717, 1.165) is 18.0 Å². The average Bonchev–Trinajstić information content (AvgIpc) is 3.15. The van der Waals surface area contributed by atoms with Gasteiger partial charge in [0.2, 0.25) is 0 Å². The molecule has 4 rings (SSSR count). The van der Waals surface area contributed by atoms with E-state index in [1.165, 1.54) is 48.8 Å². The Labute approximate surface area is 187 Å². The summed E-state index contributed by atoms with van der Waals surface area (Å²) in [5.74, 6) is -1.60. The molecule has 4 aromatic rings. The van der Waals surface area contributed by atoms with Gasteiger partial charge in [0.25, 0.3) is 0 Å². The number of carbonyl (C=O) groups excluding carboxylic acids is 1. The molecule has 164 valence electrons.